The Hall–Kier alpha value is -1.81. The normalized spacial score (nSPS) is 11.9. The van der Waals surface area contributed by atoms with Crippen molar-refractivity contribution in [2.45, 2.75) is 39.5 Å². The Morgan fingerprint density at radius 3 is 2.55 bits per heavy atom. The van der Waals surface area contributed by atoms with Gasteiger partial charge in [-0.05, 0) is 63.9 Å². The molecule has 0 radical (unpaired) electrons. The Morgan fingerprint density at radius 2 is 1.95 bits per heavy atom. The van der Waals surface area contributed by atoms with Gasteiger partial charge in [-0.25, -0.2) is 0 Å². The van der Waals surface area contributed by atoms with Gasteiger partial charge in [0.2, 0.25) is 5.91 Å². The van der Waals surface area contributed by atoms with Crippen LogP contribution in [0.15, 0.2) is 24.4 Å². The van der Waals surface area contributed by atoms with Crippen molar-refractivity contribution >= 4 is 16.8 Å². The van der Waals surface area contributed by atoms with E-state index in [-0.39, 0.29) is 5.91 Å². The average Bonchev–Trinajstić information content (AvgIpc) is 2.91. The largest absolute Gasteiger partial charge is 0.361 e. The van der Waals surface area contributed by atoms with Crippen molar-refractivity contribution in [3.8, 4) is 0 Å². The van der Waals surface area contributed by atoms with Crippen LogP contribution in [0, 0.1) is 0 Å². The molecule has 0 aliphatic carbocycles. The Bertz CT molecular complexity index is 653. The van der Waals surface area contributed by atoms with E-state index in [0.29, 0.717) is 6.54 Å². The van der Waals surface area contributed by atoms with Crippen LogP contribution < -0.4 is 5.73 Å². The molecule has 4 nitrogen and oxygen atoms in total. The van der Waals surface area contributed by atoms with Crippen LogP contribution in [0.5, 0.6) is 0 Å². The first-order valence-corrected chi connectivity index (χ1v) is 8.05. The fraction of sp³-hybridized carbons (Fsp3) is 0.500. The second-order valence-corrected chi connectivity index (χ2v) is 6.22. The Balaban J connectivity index is 2.44. The lowest BCUT2D eigenvalue weighted by atomic mass is 9.82. The predicted octanol–water partition coefficient (Wildman–Crippen LogP) is 2.82. The van der Waals surface area contributed by atoms with Crippen LogP contribution in [-0.2, 0) is 16.6 Å². The SMILES string of the molecule is CCN(CC)C(=O)C(C)(C)c1ccc2[nH]cc(CCN)c2c1. The second-order valence-electron chi connectivity index (χ2n) is 6.22. The molecule has 0 atom stereocenters. The molecular formula is C18H27N3O. The summed E-state index contributed by atoms with van der Waals surface area (Å²) < 4.78 is 0. The molecule has 120 valence electrons. The summed E-state index contributed by atoms with van der Waals surface area (Å²) in [5.41, 5.74) is 8.51. The summed E-state index contributed by atoms with van der Waals surface area (Å²) in [4.78, 5) is 18.0. The van der Waals surface area contributed by atoms with E-state index in [2.05, 4.69) is 17.1 Å². The van der Waals surface area contributed by atoms with Gasteiger partial charge >= 0.3 is 0 Å². The Labute approximate surface area is 132 Å². The number of nitrogens with zero attached hydrogens (tertiary/aromatic N) is 1. The van der Waals surface area contributed by atoms with E-state index in [1.165, 1.54) is 10.9 Å². The topological polar surface area (TPSA) is 62.1 Å². The maximum atomic E-state index is 12.8. The van der Waals surface area contributed by atoms with Crippen molar-refractivity contribution in [3.05, 3.63) is 35.5 Å². The second kappa shape index (κ2) is 6.53. The highest BCUT2D eigenvalue weighted by atomic mass is 16.2. The number of nitrogens with two attached hydrogens (primary N) is 1. The summed E-state index contributed by atoms with van der Waals surface area (Å²) in [6.07, 6.45) is 2.86. The van der Waals surface area contributed by atoms with Crippen molar-refractivity contribution in [3.63, 3.8) is 0 Å². The van der Waals surface area contributed by atoms with Gasteiger partial charge in [-0.15, -0.1) is 0 Å². The summed E-state index contributed by atoms with van der Waals surface area (Å²) in [7, 11) is 0. The molecule has 1 amide bonds. The zero-order valence-corrected chi connectivity index (χ0v) is 14.1. The van der Waals surface area contributed by atoms with Gasteiger partial charge in [0.05, 0.1) is 5.41 Å². The molecule has 2 rings (SSSR count). The minimum Gasteiger partial charge on any atom is -0.361 e. The van der Waals surface area contributed by atoms with Gasteiger partial charge in [0, 0.05) is 30.2 Å². The molecule has 1 aromatic heterocycles. The number of H-pyrrole nitrogens is 1. The van der Waals surface area contributed by atoms with Gasteiger partial charge in [-0.3, -0.25) is 4.79 Å². The van der Waals surface area contributed by atoms with Crippen LogP contribution in [0.2, 0.25) is 0 Å². The van der Waals surface area contributed by atoms with E-state index in [1.807, 2.05) is 44.9 Å². The molecule has 1 aromatic carbocycles. The average molecular weight is 301 g/mol. The predicted molar refractivity (Wildman–Crippen MR) is 92.0 cm³/mol. The highest BCUT2D eigenvalue weighted by Crippen LogP contribution is 2.30. The minimum atomic E-state index is -0.530. The summed E-state index contributed by atoms with van der Waals surface area (Å²) in [6.45, 7) is 10.2. The molecule has 0 spiro atoms. The van der Waals surface area contributed by atoms with Gasteiger partial charge in [-0.2, -0.15) is 0 Å². The minimum absolute atomic E-state index is 0.174. The first-order valence-electron chi connectivity index (χ1n) is 8.05. The number of carbonyl (C=O) groups is 1. The van der Waals surface area contributed by atoms with E-state index in [0.717, 1.165) is 30.6 Å². The third-order valence-electron chi connectivity index (χ3n) is 4.49. The van der Waals surface area contributed by atoms with Crippen LogP contribution in [0.3, 0.4) is 0 Å². The van der Waals surface area contributed by atoms with Crippen molar-refractivity contribution in [2.75, 3.05) is 19.6 Å². The quantitative estimate of drug-likeness (QED) is 0.862. The Morgan fingerprint density at radius 1 is 1.27 bits per heavy atom. The number of likely N-dealkylation sites (N-methyl/N-ethyl adjacent to an activating group) is 1. The van der Waals surface area contributed by atoms with Crippen LogP contribution in [0.4, 0.5) is 0 Å². The molecule has 0 unspecified atom stereocenters. The number of fused-ring (bicyclic) bond motifs is 1. The number of carbonyl (C=O) groups excluding carboxylic acids is 1. The van der Waals surface area contributed by atoms with E-state index in [4.69, 9.17) is 5.73 Å². The van der Waals surface area contributed by atoms with Gasteiger partial charge in [0.1, 0.15) is 0 Å². The molecule has 2 aromatic rings. The molecule has 0 saturated carbocycles. The number of nitrogens with one attached hydrogen (secondary N) is 1. The molecular weight excluding hydrogens is 274 g/mol. The smallest absolute Gasteiger partial charge is 0.232 e. The van der Waals surface area contributed by atoms with Crippen LogP contribution >= 0.6 is 0 Å². The maximum absolute atomic E-state index is 12.8. The summed E-state index contributed by atoms with van der Waals surface area (Å²) in [5.74, 6) is 0.174. The van der Waals surface area contributed by atoms with Crippen molar-refractivity contribution < 1.29 is 4.79 Å². The van der Waals surface area contributed by atoms with Crippen LogP contribution in [0.25, 0.3) is 10.9 Å². The lowest BCUT2D eigenvalue weighted by Crippen LogP contribution is -2.43. The summed E-state index contributed by atoms with van der Waals surface area (Å²) in [6, 6.07) is 6.24. The molecule has 4 heteroatoms. The molecule has 0 fully saturated rings. The van der Waals surface area contributed by atoms with Crippen LogP contribution in [-0.4, -0.2) is 35.4 Å². The lowest BCUT2D eigenvalue weighted by Gasteiger charge is -2.31. The lowest BCUT2D eigenvalue weighted by molar-refractivity contribution is -0.135. The number of aromatic nitrogens is 1. The standard InChI is InChI=1S/C18H27N3O/c1-5-21(6-2)17(22)18(3,4)14-7-8-16-15(11-14)13(9-10-19)12-20-16/h7-8,11-12,20H,5-6,9-10,19H2,1-4H3. The number of hydrogen-bond acceptors (Lipinski definition) is 2. The van der Waals surface area contributed by atoms with Gasteiger partial charge < -0.3 is 15.6 Å². The molecule has 22 heavy (non-hydrogen) atoms. The number of benzene rings is 1. The van der Waals surface area contributed by atoms with Gasteiger partial charge in [-0.1, -0.05) is 6.07 Å². The third kappa shape index (κ3) is 2.88. The number of amides is 1. The van der Waals surface area contributed by atoms with E-state index >= 15 is 0 Å². The molecule has 0 bridgehead atoms. The van der Waals surface area contributed by atoms with Crippen molar-refractivity contribution in [1.82, 2.24) is 9.88 Å². The molecule has 0 aliphatic heterocycles. The van der Waals surface area contributed by atoms with E-state index in [9.17, 15) is 4.79 Å². The van der Waals surface area contributed by atoms with Crippen molar-refractivity contribution in [2.24, 2.45) is 5.73 Å². The molecule has 0 saturated heterocycles. The van der Waals surface area contributed by atoms with Gasteiger partial charge in [0.25, 0.3) is 0 Å². The zero-order valence-electron chi connectivity index (χ0n) is 14.1. The third-order valence-corrected chi connectivity index (χ3v) is 4.49. The first kappa shape index (κ1) is 16.6. The number of aromatic amines is 1. The summed E-state index contributed by atoms with van der Waals surface area (Å²) in [5, 5.41) is 1.17. The number of rotatable bonds is 6. The van der Waals surface area contributed by atoms with E-state index in [1.54, 1.807) is 0 Å². The van der Waals surface area contributed by atoms with Crippen molar-refractivity contribution in [1.29, 1.82) is 0 Å². The number of hydrogen-bond donors (Lipinski definition) is 2. The van der Waals surface area contributed by atoms with E-state index < -0.39 is 5.41 Å². The fourth-order valence-corrected chi connectivity index (χ4v) is 2.96. The summed E-state index contributed by atoms with van der Waals surface area (Å²) >= 11 is 0. The maximum Gasteiger partial charge on any atom is 0.232 e. The monoisotopic (exact) mass is 301 g/mol. The molecule has 0 aliphatic rings. The van der Waals surface area contributed by atoms with Crippen LogP contribution in [0.1, 0.15) is 38.8 Å². The van der Waals surface area contributed by atoms with Gasteiger partial charge in [0.15, 0.2) is 0 Å². The molecule has 3 N–H and O–H groups in total. The first-order chi connectivity index (χ1) is 10.5. The Kier molecular flexibility index (Phi) is 4.91. The highest BCUT2D eigenvalue weighted by Gasteiger charge is 2.33. The highest BCUT2D eigenvalue weighted by molar-refractivity contribution is 5.90. The fourth-order valence-electron chi connectivity index (χ4n) is 2.96. The zero-order chi connectivity index (χ0) is 16.3. The molecule has 1 heterocycles.